The van der Waals surface area contributed by atoms with E-state index in [1.54, 1.807) is 0 Å². The molecular weight excluding hydrogens is 344 g/mol. The van der Waals surface area contributed by atoms with E-state index in [0.717, 1.165) is 7.11 Å². The van der Waals surface area contributed by atoms with Crippen LogP contribution < -0.4 is 4.31 Å². The third-order valence-corrected chi connectivity index (χ3v) is 3.03. The summed E-state index contributed by atoms with van der Waals surface area (Å²) in [6.45, 7) is 0. The van der Waals surface area contributed by atoms with Crippen LogP contribution in [0.3, 0.4) is 0 Å². The third-order valence-electron chi connectivity index (χ3n) is 2.33. The van der Waals surface area contributed by atoms with E-state index in [2.05, 4.69) is 4.74 Å². The molecule has 0 amide bonds. The molecule has 1 aromatic carbocycles. The summed E-state index contributed by atoms with van der Waals surface area (Å²) in [6.07, 6.45) is -10.6. The summed E-state index contributed by atoms with van der Waals surface area (Å²) in [5.74, 6) is -1.43. The third kappa shape index (κ3) is 3.88. The number of rotatable bonds is 3. The first kappa shape index (κ1) is 18.2. The van der Waals surface area contributed by atoms with Crippen LogP contribution in [0.5, 0.6) is 0 Å². The monoisotopic (exact) mass is 350 g/mol. The summed E-state index contributed by atoms with van der Waals surface area (Å²) in [7, 11) is 0.774. The maximum absolute atomic E-state index is 12.7. The van der Waals surface area contributed by atoms with Gasteiger partial charge in [0.2, 0.25) is 0 Å². The number of alkyl halides is 6. The predicted octanol–water partition coefficient (Wildman–Crippen LogP) is 2.61. The molecule has 0 spiro atoms. The molecule has 12 heteroatoms. The molecule has 0 heterocycles. The zero-order valence-electron chi connectivity index (χ0n) is 10.5. The van der Waals surface area contributed by atoms with E-state index in [9.17, 15) is 39.9 Å². The van der Waals surface area contributed by atoms with E-state index in [4.69, 9.17) is 0 Å². The van der Waals surface area contributed by atoms with E-state index in [1.807, 2.05) is 0 Å². The van der Waals surface area contributed by atoms with Crippen LogP contribution in [0.4, 0.5) is 32.0 Å². The Morgan fingerprint density at radius 1 is 1.23 bits per heavy atom. The Labute approximate surface area is 121 Å². The van der Waals surface area contributed by atoms with Crippen LogP contribution in [0.1, 0.15) is 15.9 Å². The fourth-order valence-electron chi connectivity index (χ4n) is 1.46. The zero-order chi connectivity index (χ0) is 17.3. The molecule has 1 rings (SSSR count). The lowest BCUT2D eigenvalue weighted by Crippen LogP contribution is -2.40. The van der Waals surface area contributed by atoms with E-state index in [1.165, 1.54) is 0 Å². The van der Waals surface area contributed by atoms with Gasteiger partial charge in [0.25, 0.3) is 0 Å². The highest BCUT2D eigenvalue weighted by Crippen LogP contribution is 2.37. The number of halogens is 6. The van der Waals surface area contributed by atoms with Crippen LogP contribution in [0.25, 0.3) is 0 Å². The van der Waals surface area contributed by atoms with Gasteiger partial charge >= 0.3 is 18.4 Å². The predicted molar refractivity (Wildman–Crippen MR) is 60.2 cm³/mol. The molecule has 0 bridgehead atoms. The van der Waals surface area contributed by atoms with Crippen molar-refractivity contribution in [2.75, 3.05) is 11.4 Å². The molecular formula is C10H6F6NO4S-. The van der Waals surface area contributed by atoms with Crippen molar-refractivity contribution < 1.29 is 44.6 Å². The average Bonchev–Trinajstić information content (AvgIpc) is 2.34. The van der Waals surface area contributed by atoms with Gasteiger partial charge in [0.1, 0.15) is 0 Å². The summed E-state index contributed by atoms with van der Waals surface area (Å²) in [5, 5.41) is 0. The van der Waals surface area contributed by atoms with Gasteiger partial charge < -0.3 is 9.29 Å². The Hall–Kier alpha value is -1.82. The van der Waals surface area contributed by atoms with E-state index >= 15 is 0 Å². The van der Waals surface area contributed by atoms with Gasteiger partial charge in [-0.15, -0.1) is 13.2 Å². The number of hydrogen-bond donors (Lipinski definition) is 0. The first-order chi connectivity index (χ1) is 9.89. The molecule has 1 atom stereocenters. The molecule has 0 aliphatic carbocycles. The van der Waals surface area contributed by atoms with Crippen LogP contribution in [-0.4, -0.2) is 28.1 Å². The highest BCUT2D eigenvalue weighted by molar-refractivity contribution is 7.80. The summed E-state index contributed by atoms with van der Waals surface area (Å²) in [6, 6.07) is 0.628. The molecule has 1 unspecified atom stereocenters. The lowest BCUT2D eigenvalue weighted by molar-refractivity contribution is -0.138. The second-order valence-electron chi connectivity index (χ2n) is 3.70. The van der Waals surface area contributed by atoms with Gasteiger partial charge in [-0.25, -0.2) is 9.10 Å². The Kier molecular flexibility index (Phi) is 5.07. The van der Waals surface area contributed by atoms with Crippen molar-refractivity contribution in [3.63, 3.8) is 0 Å². The second kappa shape index (κ2) is 6.12. The van der Waals surface area contributed by atoms with Crippen molar-refractivity contribution in [1.82, 2.24) is 0 Å². The first-order valence-corrected chi connectivity index (χ1v) is 6.18. The minimum Gasteiger partial charge on any atom is -0.755 e. The summed E-state index contributed by atoms with van der Waals surface area (Å²) in [4.78, 5) is 11.4. The summed E-state index contributed by atoms with van der Waals surface area (Å²) >= 11 is -4.00. The van der Waals surface area contributed by atoms with Crippen molar-refractivity contribution in [2.45, 2.75) is 12.5 Å². The van der Waals surface area contributed by atoms with Gasteiger partial charge in [0.15, 0.2) is 0 Å². The van der Waals surface area contributed by atoms with Crippen molar-refractivity contribution in [2.24, 2.45) is 0 Å². The van der Waals surface area contributed by atoms with E-state index in [-0.39, 0.29) is 6.07 Å². The van der Waals surface area contributed by atoms with Crippen molar-refractivity contribution in [1.29, 1.82) is 0 Å². The maximum atomic E-state index is 12.7. The number of esters is 1. The number of ether oxygens (including phenoxy) is 1. The zero-order valence-corrected chi connectivity index (χ0v) is 11.3. The van der Waals surface area contributed by atoms with Crippen molar-refractivity contribution >= 4 is 22.9 Å². The molecule has 22 heavy (non-hydrogen) atoms. The Bertz CT molecular complexity index is 600. The molecule has 0 saturated carbocycles. The van der Waals surface area contributed by atoms with E-state index in [0.29, 0.717) is 12.1 Å². The number of benzene rings is 1. The maximum Gasteiger partial charge on any atom is 0.495 e. The van der Waals surface area contributed by atoms with Gasteiger partial charge in [0, 0.05) is 0 Å². The largest absolute Gasteiger partial charge is 0.755 e. The van der Waals surface area contributed by atoms with Crippen LogP contribution in [0.2, 0.25) is 0 Å². The quantitative estimate of drug-likeness (QED) is 0.364. The summed E-state index contributed by atoms with van der Waals surface area (Å²) < 4.78 is 100. The number of carbonyl (C=O) groups is 1. The van der Waals surface area contributed by atoms with Crippen LogP contribution in [0.15, 0.2) is 18.2 Å². The first-order valence-electron chi connectivity index (χ1n) is 5.15. The number of nitrogens with zero attached hydrogens (tertiary/aromatic N) is 1. The molecule has 124 valence electrons. The topological polar surface area (TPSA) is 69.7 Å². The fourth-order valence-corrected chi connectivity index (χ4v) is 1.94. The standard InChI is InChI=1S/C10H7F6NO4S/c1-21-8(18)6-3-2-5(9(11,12)13)4-7(6)17(22(19)20)10(14,15)16/h2-4H,1H3,(H,19,20)/p-1. The van der Waals surface area contributed by atoms with Gasteiger partial charge in [-0.05, 0) is 18.2 Å². The van der Waals surface area contributed by atoms with Crippen LogP contribution in [0, 0.1) is 0 Å². The Balaban J connectivity index is 3.64. The highest BCUT2D eigenvalue weighted by Gasteiger charge is 2.42. The molecule has 5 nitrogen and oxygen atoms in total. The molecule has 0 aromatic heterocycles. The van der Waals surface area contributed by atoms with Crippen molar-refractivity contribution in [3.8, 4) is 0 Å². The van der Waals surface area contributed by atoms with Gasteiger partial charge in [-0.3, -0.25) is 4.21 Å². The van der Waals surface area contributed by atoms with Crippen LogP contribution in [-0.2, 0) is 22.2 Å². The average molecular weight is 350 g/mol. The molecule has 0 radical (unpaired) electrons. The second-order valence-corrected chi connectivity index (χ2v) is 4.50. The molecule has 0 aliphatic rings. The minimum atomic E-state index is -5.57. The SMILES string of the molecule is COC(=O)c1ccc(C(F)(F)F)cc1N(S(=O)[O-])C(F)(F)F. The molecule has 0 fully saturated rings. The molecule has 0 saturated heterocycles. The van der Waals surface area contributed by atoms with Gasteiger partial charge in [-0.2, -0.15) is 13.2 Å². The highest BCUT2D eigenvalue weighted by atomic mass is 32.2. The molecule has 0 N–H and O–H groups in total. The molecule has 0 aliphatic heterocycles. The fraction of sp³-hybridized carbons (Fsp3) is 0.300. The van der Waals surface area contributed by atoms with E-state index < -0.39 is 50.8 Å². The lowest BCUT2D eigenvalue weighted by Gasteiger charge is -2.29. The van der Waals surface area contributed by atoms with Gasteiger partial charge in [-0.1, -0.05) is 0 Å². The number of methoxy groups -OCH3 is 1. The summed E-state index contributed by atoms with van der Waals surface area (Å²) in [5.41, 5.74) is -4.06. The minimum absolute atomic E-state index is 0.102. The Morgan fingerprint density at radius 2 is 1.77 bits per heavy atom. The number of carbonyl (C=O) groups excluding carboxylic acids is 1. The smallest absolute Gasteiger partial charge is 0.495 e. The van der Waals surface area contributed by atoms with Crippen LogP contribution >= 0.6 is 0 Å². The van der Waals surface area contributed by atoms with Gasteiger partial charge in [0.05, 0.1) is 35.2 Å². The number of anilines is 1. The lowest BCUT2D eigenvalue weighted by atomic mass is 10.1. The molecule has 1 aromatic rings. The normalized spacial score (nSPS) is 13.6. The van der Waals surface area contributed by atoms with Crippen molar-refractivity contribution in [3.05, 3.63) is 29.3 Å². The Morgan fingerprint density at radius 3 is 2.14 bits per heavy atom. The number of hydrogen-bond acceptors (Lipinski definition) is 4.